The van der Waals surface area contributed by atoms with Gasteiger partial charge < -0.3 is 14.8 Å². The second-order valence-electron chi connectivity index (χ2n) is 5.54. The molecule has 1 aliphatic rings. The molecule has 3 atom stereocenters. The molecule has 2 rings (SSSR count). The van der Waals surface area contributed by atoms with Crippen molar-refractivity contribution in [2.24, 2.45) is 0 Å². The van der Waals surface area contributed by atoms with Gasteiger partial charge in [0.05, 0.1) is 13.2 Å². The van der Waals surface area contributed by atoms with Gasteiger partial charge in [0.15, 0.2) is 0 Å². The monoisotopic (exact) mass is 263 g/mol. The van der Waals surface area contributed by atoms with E-state index >= 15 is 0 Å². The van der Waals surface area contributed by atoms with Crippen LogP contribution < -0.4 is 10.1 Å². The number of ether oxygens (including phenoxy) is 2. The third kappa shape index (κ3) is 3.71. The van der Waals surface area contributed by atoms with Crippen LogP contribution in [0.2, 0.25) is 0 Å². The van der Waals surface area contributed by atoms with E-state index in [0.717, 1.165) is 25.2 Å². The number of aryl methyl sites for hydroxylation is 1. The zero-order chi connectivity index (χ0) is 13.8. The molecule has 1 aliphatic heterocycles. The third-order valence-electron chi connectivity index (χ3n) is 3.82. The van der Waals surface area contributed by atoms with E-state index in [-0.39, 0.29) is 0 Å². The van der Waals surface area contributed by atoms with E-state index in [4.69, 9.17) is 9.47 Å². The minimum atomic E-state index is 0.296. The number of rotatable bonds is 4. The van der Waals surface area contributed by atoms with Crippen molar-refractivity contribution >= 4 is 0 Å². The summed E-state index contributed by atoms with van der Waals surface area (Å²) in [5.41, 5.74) is 2.51. The van der Waals surface area contributed by atoms with Crippen LogP contribution in [0.25, 0.3) is 0 Å². The second-order valence-corrected chi connectivity index (χ2v) is 5.54. The first-order valence-corrected chi connectivity index (χ1v) is 7.12. The largest absolute Gasteiger partial charge is 0.496 e. The van der Waals surface area contributed by atoms with E-state index in [1.165, 1.54) is 11.1 Å². The van der Waals surface area contributed by atoms with E-state index in [9.17, 15) is 0 Å². The first-order chi connectivity index (χ1) is 9.10. The fraction of sp³-hybridized carbons (Fsp3) is 0.625. The van der Waals surface area contributed by atoms with Crippen LogP contribution in [0, 0.1) is 6.92 Å². The Kier molecular flexibility index (Phi) is 4.83. The van der Waals surface area contributed by atoms with Gasteiger partial charge in [0.25, 0.3) is 0 Å². The molecular formula is C16H25NO2. The minimum absolute atomic E-state index is 0.296. The fourth-order valence-corrected chi connectivity index (χ4v) is 2.78. The van der Waals surface area contributed by atoms with Crippen molar-refractivity contribution in [3.63, 3.8) is 0 Å². The van der Waals surface area contributed by atoms with Crippen LogP contribution >= 0.6 is 0 Å². The summed E-state index contributed by atoms with van der Waals surface area (Å²) in [4.78, 5) is 0. The van der Waals surface area contributed by atoms with Gasteiger partial charge in [-0.15, -0.1) is 0 Å². The van der Waals surface area contributed by atoms with Crippen molar-refractivity contribution in [1.82, 2.24) is 5.32 Å². The molecule has 1 aromatic carbocycles. The van der Waals surface area contributed by atoms with Gasteiger partial charge in [0, 0.05) is 24.3 Å². The standard InChI is InChI=1S/C16H25NO2/c1-11-5-6-16(18-4)15(9-11)13(3)17-14-7-8-19-12(2)10-14/h5-6,9,12-14,17H,7-8,10H2,1-4H3. The Hall–Kier alpha value is -1.06. The lowest BCUT2D eigenvalue weighted by Crippen LogP contribution is -2.39. The summed E-state index contributed by atoms with van der Waals surface area (Å²) in [5.74, 6) is 0.964. The smallest absolute Gasteiger partial charge is 0.123 e. The Balaban J connectivity index is 2.06. The van der Waals surface area contributed by atoms with Crippen molar-refractivity contribution in [2.45, 2.75) is 51.8 Å². The van der Waals surface area contributed by atoms with Crippen LogP contribution in [0.4, 0.5) is 0 Å². The number of hydrogen-bond acceptors (Lipinski definition) is 3. The average Bonchev–Trinajstić information content (AvgIpc) is 2.38. The van der Waals surface area contributed by atoms with E-state index in [0.29, 0.717) is 18.2 Å². The Morgan fingerprint density at radius 1 is 1.42 bits per heavy atom. The van der Waals surface area contributed by atoms with Gasteiger partial charge in [-0.25, -0.2) is 0 Å². The maximum Gasteiger partial charge on any atom is 0.123 e. The van der Waals surface area contributed by atoms with Crippen LogP contribution in [-0.4, -0.2) is 25.9 Å². The number of hydrogen-bond donors (Lipinski definition) is 1. The molecule has 0 bridgehead atoms. The predicted octanol–water partition coefficient (Wildman–Crippen LogP) is 3.22. The summed E-state index contributed by atoms with van der Waals surface area (Å²) in [5, 5.41) is 3.71. The van der Waals surface area contributed by atoms with Gasteiger partial charge in [-0.05, 0) is 39.7 Å². The summed E-state index contributed by atoms with van der Waals surface area (Å²) in [6, 6.07) is 7.18. The Morgan fingerprint density at radius 3 is 2.89 bits per heavy atom. The third-order valence-corrected chi connectivity index (χ3v) is 3.82. The van der Waals surface area contributed by atoms with Gasteiger partial charge in [-0.1, -0.05) is 17.7 Å². The molecule has 1 saturated heterocycles. The zero-order valence-corrected chi connectivity index (χ0v) is 12.4. The molecule has 0 amide bonds. The quantitative estimate of drug-likeness (QED) is 0.904. The maximum atomic E-state index is 5.59. The van der Waals surface area contributed by atoms with Gasteiger partial charge in [-0.3, -0.25) is 0 Å². The molecule has 1 fully saturated rings. The molecule has 1 N–H and O–H groups in total. The molecule has 1 aromatic rings. The second kappa shape index (κ2) is 6.40. The highest BCUT2D eigenvalue weighted by Gasteiger charge is 2.22. The molecule has 0 spiro atoms. The summed E-state index contributed by atoms with van der Waals surface area (Å²) in [7, 11) is 1.73. The maximum absolute atomic E-state index is 5.59. The van der Waals surface area contributed by atoms with E-state index in [1.54, 1.807) is 7.11 Å². The minimum Gasteiger partial charge on any atom is -0.496 e. The van der Waals surface area contributed by atoms with E-state index < -0.39 is 0 Å². The SMILES string of the molecule is COc1ccc(C)cc1C(C)NC1CCOC(C)C1. The summed E-state index contributed by atoms with van der Waals surface area (Å²) < 4.78 is 11.1. The molecular weight excluding hydrogens is 238 g/mol. The van der Waals surface area contributed by atoms with E-state index in [1.807, 2.05) is 0 Å². The molecule has 1 heterocycles. The zero-order valence-electron chi connectivity index (χ0n) is 12.4. The van der Waals surface area contributed by atoms with Crippen molar-refractivity contribution in [3.05, 3.63) is 29.3 Å². The molecule has 19 heavy (non-hydrogen) atoms. The first kappa shape index (κ1) is 14.4. The lowest BCUT2D eigenvalue weighted by Gasteiger charge is -2.31. The van der Waals surface area contributed by atoms with Crippen LogP contribution in [0.3, 0.4) is 0 Å². The molecule has 0 aromatic heterocycles. The molecule has 0 radical (unpaired) electrons. The Bertz CT molecular complexity index is 419. The van der Waals surface area contributed by atoms with Gasteiger partial charge in [0.1, 0.15) is 5.75 Å². The summed E-state index contributed by atoms with van der Waals surface area (Å²) in [6.45, 7) is 7.33. The van der Waals surface area contributed by atoms with Gasteiger partial charge in [-0.2, -0.15) is 0 Å². The Morgan fingerprint density at radius 2 is 2.21 bits per heavy atom. The highest BCUT2D eigenvalue weighted by molar-refractivity contribution is 5.38. The normalized spacial score (nSPS) is 25.1. The van der Waals surface area contributed by atoms with E-state index in [2.05, 4.69) is 44.3 Å². The molecule has 0 saturated carbocycles. The van der Waals surface area contributed by atoms with Crippen molar-refractivity contribution in [1.29, 1.82) is 0 Å². The summed E-state index contributed by atoms with van der Waals surface area (Å²) >= 11 is 0. The van der Waals surface area contributed by atoms with Crippen molar-refractivity contribution < 1.29 is 9.47 Å². The summed E-state index contributed by atoms with van der Waals surface area (Å²) in [6.07, 6.45) is 2.53. The number of methoxy groups -OCH3 is 1. The number of benzene rings is 1. The van der Waals surface area contributed by atoms with Crippen molar-refractivity contribution in [2.75, 3.05) is 13.7 Å². The molecule has 3 unspecified atom stereocenters. The predicted molar refractivity (Wildman–Crippen MR) is 77.7 cm³/mol. The highest BCUT2D eigenvalue weighted by Crippen LogP contribution is 2.27. The molecule has 3 heteroatoms. The first-order valence-electron chi connectivity index (χ1n) is 7.12. The molecule has 3 nitrogen and oxygen atoms in total. The van der Waals surface area contributed by atoms with Gasteiger partial charge in [0.2, 0.25) is 0 Å². The molecule has 0 aliphatic carbocycles. The lowest BCUT2D eigenvalue weighted by molar-refractivity contribution is 0.0115. The topological polar surface area (TPSA) is 30.5 Å². The Labute approximate surface area is 116 Å². The lowest BCUT2D eigenvalue weighted by atomic mass is 9.99. The van der Waals surface area contributed by atoms with Crippen molar-refractivity contribution in [3.8, 4) is 5.75 Å². The van der Waals surface area contributed by atoms with Gasteiger partial charge >= 0.3 is 0 Å². The number of nitrogens with one attached hydrogen (secondary N) is 1. The average molecular weight is 263 g/mol. The van der Waals surface area contributed by atoms with Crippen LogP contribution in [0.5, 0.6) is 5.75 Å². The van der Waals surface area contributed by atoms with Crippen LogP contribution in [0.1, 0.15) is 43.9 Å². The fourth-order valence-electron chi connectivity index (χ4n) is 2.78. The van der Waals surface area contributed by atoms with Crippen LogP contribution in [0.15, 0.2) is 18.2 Å². The van der Waals surface area contributed by atoms with Crippen LogP contribution in [-0.2, 0) is 4.74 Å². The highest BCUT2D eigenvalue weighted by atomic mass is 16.5. The molecule has 106 valence electrons.